The largest absolute Gasteiger partial charge is 0.392 e. The maximum absolute atomic E-state index is 9.36. The van der Waals surface area contributed by atoms with Crippen molar-refractivity contribution in [2.75, 3.05) is 0 Å². The Hall–Kier alpha value is -0.240. The molecule has 0 amide bonds. The normalized spacial score (nSPS) is 12.9. The average molecular weight is 218 g/mol. The highest BCUT2D eigenvalue weighted by Gasteiger charge is 2.06. The van der Waals surface area contributed by atoms with Gasteiger partial charge in [0.1, 0.15) is 0 Å². The quantitative estimate of drug-likeness (QED) is 0.824. The van der Waals surface area contributed by atoms with Crippen molar-refractivity contribution in [1.29, 1.82) is 0 Å². The van der Waals surface area contributed by atoms with E-state index in [2.05, 4.69) is 0 Å². The third-order valence-corrected chi connectivity index (χ3v) is 2.32. The van der Waals surface area contributed by atoms with E-state index in [1.165, 1.54) is 0 Å². The summed E-state index contributed by atoms with van der Waals surface area (Å²) < 4.78 is 0. The van der Waals surface area contributed by atoms with Crippen molar-refractivity contribution in [2.24, 2.45) is 0 Å². The summed E-state index contributed by atoms with van der Waals surface area (Å²) in [5.41, 5.74) is 0.820. The molecule has 0 heterocycles. The van der Waals surface area contributed by atoms with Gasteiger partial charge in [-0.25, -0.2) is 0 Å². The molecule has 0 aliphatic heterocycles. The van der Waals surface area contributed by atoms with Crippen LogP contribution in [0.3, 0.4) is 0 Å². The first-order valence-corrected chi connectivity index (χ1v) is 4.87. The molecule has 1 aromatic carbocycles. The predicted molar refractivity (Wildman–Crippen MR) is 56.2 cm³/mol. The highest BCUT2D eigenvalue weighted by molar-refractivity contribution is 6.35. The van der Waals surface area contributed by atoms with Crippen molar-refractivity contribution in [3.8, 4) is 0 Å². The first-order chi connectivity index (χ1) is 6.13. The summed E-state index contributed by atoms with van der Waals surface area (Å²) in [6.45, 7) is 1.91. The van der Waals surface area contributed by atoms with Crippen LogP contribution in [0.4, 0.5) is 0 Å². The van der Waals surface area contributed by atoms with E-state index in [0.29, 0.717) is 16.5 Å². The Bertz CT molecular complexity index is 286. The number of aliphatic hydroxyl groups excluding tert-OH is 1. The van der Waals surface area contributed by atoms with Crippen LogP contribution in [0.2, 0.25) is 10.0 Å². The zero-order chi connectivity index (χ0) is 9.84. The lowest BCUT2D eigenvalue weighted by Crippen LogP contribution is -2.05. The van der Waals surface area contributed by atoms with E-state index in [-0.39, 0.29) is 0 Å². The van der Waals surface area contributed by atoms with Gasteiger partial charge >= 0.3 is 0 Å². The topological polar surface area (TPSA) is 20.2 Å². The molecule has 0 fully saturated rings. The van der Waals surface area contributed by atoms with Gasteiger partial charge in [-0.3, -0.25) is 0 Å². The molecule has 13 heavy (non-hydrogen) atoms. The fourth-order valence-electron chi connectivity index (χ4n) is 0.962. The Morgan fingerprint density at radius 2 is 2.15 bits per heavy atom. The van der Waals surface area contributed by atoms with Crippen LogP contribution in [-0.4, -0.2) is 11.2 Å². The fraction of sp³-hybridized carbons (Fsp3) is 0.300. The van der Waals surface area contributed by atoms with Crippen LogP contribution in [0.15, 0.2) is 18.2 Å². The maximum Gasteiger partial charge on any atom is 0.0613 e. The summed E-state index contributed by atoms with van der Waals surface area (Å²) in [5, 5.41) is 10.5. The number of hydrogen-bond donors (Lipinski definition) is 1. The summed E-state index contributed by atoms with van der Waals surface area (Å²) in [7, 11) is 0. The zero-order valence-electron chi connectivity index (χ0n) is 7.30. The molecule has 1 unspecified atom stereocenters. The molecule has 1 aromatic rings. The molecule has 0 aliphatic rings. The summed E-state index contributed by atoms with van der Waals surface area (Å²) in [6, 6.07) is 5.21. The second-order valence-electron chi connectivity index (χ2n) is 2.81. The maximum atomic E-state index is 9.36. The van der Waals surface area contributed by atoms with E-state index >= 15 is 0 Å². The van der Waals surface area contributed by atoms with E-state index < -0.39 is 6.10 Å². The van der Waals surface area contributed by atoms with Crippen LogP contribution in [0.25, 0.3) is 0 Å². The lowest BCUT2D eigenvalue weighted by molar-refractivity contribution is 0.206. The van der Waals surface area contributed by atoms with Gasteiger partial charge in [0.25, 0.3) is 0 Å². The molecule has 0 saturated carbocycles. The molecule has 0 bridgehead atoms. The van der Waals surface area contributed by atoms with Crippen LogP contribution in [0.1, 0.15) is 18.9 Å². The molecule has 1 nitrogen and oxygen atoms in total. The van der Waals surface area contributed by atoms with Crippen molar-refractivity contribution >= 4 is 23.2 Å². The van der Waals surface area contributed by atoms with Crippen molar-refractivity contribution in [2.45, 2.75) is 19.4 Å². The van der Waals surface area contributed by atoms with Crippen LogP contribution in [0, 0.1) is 6.42 Å². The van der Waals surface area contributed by atoms with Crippen molar-refractivity contribution < 1.29 is 5.11 Å². The molecule has 1 atom stereocenters. The lowest BCUT2D eigenvalue weighted by Gasteiger charge is -2.08. The van der Waals surface area contributed by atoms with Crippen molar-refractivity contribution in [3.05, 3.63) is 40.2 Å². The van der Waals surface area contributed by atoms with Gasteiger partial charge in [-0.15, -0.1) is 0 Å². The Balaban J connectivity index is 2.77. The van der Waals surface area contributed by atoms with Crippen LogP contribution < -0.4 is 0 Å². The van der Waals surface area contributed by atoms with E-state index in [1.807, 2.05) is 6.92 Å². The first kappa shape index (κ1) is 10.8. The molecule has 0 aliphatic carbocycles. The highest BCUT2D eigenvalue weighted by atomic mass is 35.5. The minimum atomic E-state index is -0.446. The average Bonchev–Trinajstić information content (AvgIpc) is 2.09. The molecule has 0 aromatic heterocycles. The molecule has 3 heteroatoms. The minimum Gasteiger partial charge on any atom is -0.392 e. The van der Waals surface area contributed by atoms with Crippen LogP contribution in [-0.2, 0) is 0 Å². The Kier molecular flexibility index (Phi) is 4.04. The summed E-state index contributed by atoms with van der Waals surface area (Å²) in [5.74, 6) is 0. The van der Waals surface area contributed by atoms with E-state index in [0.717, 1.165) is 5.56 Å². The summed E-state index contributed by atoms with van der Waals surface area (Å²) in [6.07, 6.45) is 1.95. The monoisotopic (exact) mass is 217 g/mol. The van der Waals surface area contributed by atoms with Gasteiger partial charge in [-0.2, -0.15) is 0 Å². The summed E-state index contributed by atoms with van der Waals surface area (Å²) in [4.78, 5) is 0. The van der Waals surface area contributed by atoms with Gasteiger partial charge < -0.3 is 5.11 Å². The van der Waals surface area contributed by atoms with Gasteiger partial charge in [-0.05, 0) is 24.1 Å². The standard InChI is InChI=1S/C10H11Cl2O/c1-2-9(13)5-7-3-4-8(11)6-10(7)12/h3-6,9,13H,2H2,1H3. The fourth-order valence-corrected chi connectivity index (χ4v) is 1.43. The number of rotatable bonds is 3. The number of halogens is 2. The second-order valence-corrected chi connectivity index (χ2v) is 3.65. The molecular weight excluding hydrogens is 207 g/mol. The third kappa shape index (κ3) is 3.18. The number of hydrogen-bond acceptors (Lipinski definition) is 1. The molecule has 0 saturated heterocycles. The molecule has 1 rings (SSSR count). The second kappa shape index (κ2) is 4.85. The molecule has 1 radical (unpaired) electrons. The summed E-state index contributed by atoms with van der Waals surface area (Å²) >= 11 is 11.6. The van der Waals surface area contributed by atoms with Crippen molar-refractivity contribution in [1.82, 2.24) is 0 Å². The molecule has 1 N–H and O–H groups in total. The smallest absolute Gasteiger partial charge is 0.0613 e. The SMILES string of the molecule is CCC(O)[CH]c1ccc(Cl)cc1Cl. The minimum absolute atomic E-state index is 0.446. The van der Waals surface area contributed by atoms with E-state index in [1.54, 1.807) is 24.6 Å². The Morgan fingerprint density at radius 3 is 2.69 bits per heavy atom. The van der Waals surface area contributed by atoms with Gasteiger partial charge in [0.05, 0.1) is 6.10 Å². The highest BCUT2D eigenvalue weighted by Crippen LogP contribution is 2.23. The molecular formula is C10H11Cl2O. The Morgan fingerprint density at radius 1 is 1.46 bits per heavy atom. The van der Waals surface area contributed by atoms with Gasteiger partial charge in [0, 0.05) is 16.5 Å². The lowest BCUT2D eigenvalue weighted by atomic mass is 10.1. The predicted octanol–water partition coefficient (Wildman–Crippen LogP) is 3.32. The van der Waals surface area contributed by atoms with Crippen LogP contribution >= 0.6 is 23.2 Å². The first-order valence-electron chi connectivity index (χ1n) is 4.11. The molecule has 0 spiro atoms. The number of aliphatic hydroxyl groups is 1. The Labute approximate surface area is 88.3 Å². The number of benzene rings is 1. The van der Waals surface area contributed by atoms with Crippen LogP contribution in [0.5, 0.6) is 0 Å². The molecule has 71 valence electrons. The third-order valence-electron chi connectivity index (χ3n) is 1.75. The zero-order valence-corrected chi connectivity index (χ0v) is 8.81. The van der Waals surface area contributed by atoms with Gasteiger partial charge in [0.15, 0.2) is 0 Å². The van der Waals surface area contributed by atoms with E-state index in [9.17, 15) is 5.11 Å². The van der Waals surface area contributed by atoms with E-state index in [4.69, 9.17) is 23.2 Å². The van der Waals surface area contributed by atoms with Gasteiger partial charge in [-0.1, -0.05) is 36.2 Å². The van der Waals surface area contributed by atoms with Crippen molar-refractivity contribution in [3.63, 3.8) is 0 Å². The van der Waals surface area contributed by atoms with Gasteiger partial charge in [0.2, 0.25) is 0 Å².